The van der Waals surface area contributed by atoms with Gasteiger partial charge >= 0.3 is 0 Å². The summed E-state index contributed by atoms with van der Waals surface area (Å²) in [6, 6.07) is 1.30. The fourth-order valence-corrected chi connectivity index (χ4v) is 3.67. The van der Waals surface area contributed by atoms with E-state index in [1.165, 1.54) is 20.2 Å². The minimum atomic E-state index is -3.62. The van der Waals surface area contributed by atoms with E-state index in [0.29, 0.717) is 6.54 Å². The molecular weight excluding hydrogens is 354 g/mol. The predicted molar refractivity (Wildman–Crippen MR) is 94.1 cm³/mol. The van der Waals surface area contributed by atoms with Crippen molar-refractivity contribution in [3.05, 3.63) is 17.6 Å². The molecule has 24 heavy (non-hydrogen) atoms. The number of piperidine rings is 1. The molecule has 0 spiro atoms. The molecule has 9 heteroatoms. The first kappa shape index (κ1) is 21.0. The Morgan fingerprint density at radius 3 is 2.50 bits per heavy atom. The van der Waals surface area contributed by atoms with Crippen LogP contribution in [0.5, 0.6) is 0 Å². The van der Waals surface area contributed by atoms with Crippen molar-refractivity contribution in [2.24, 2.45) is 5.41 Å². The summed E-state index contributed by atoms with van der Waals surface area (Å²) >= 11 is 0. The van der Waals surface area contributed by atoms with Crippen molar-refractivity contribution >= 4 is 28.3 Å². The highest BCUT2D eigenvalue weighted by atomic mass is 35.5. The van der Waals surface area contributed by atoms with Gasteiger partial charge in [-0.05, 0) is 38.3 Å². The Morgan fingerprint density at radius 1 is 1.38 bits per heavy atom. The van der Waals surface area contributed by atoms with Gasteiger partial charge in [-0.25, -0.2) is 12.7 Å². The third-order valence-electron chi connectivity index (χ3n) is 4.34. The lowest BCUT2D eigenvalue weighted by atomic mass is 9.81. The van der Waals surface area contributed by atoms with Crippen LogP contribution in [0.2, 0.25) is 0 Å². The van der Waals surface area contributed by atoms with Crippen LogP contribution in [0.1, 0.15) is 36.1 Å². The number of rotatable bonds is 5. The van der Waals surface area contributed by atoms with Crippen LogP contribution in [0.15, 0.2) is 15.4 Å². The maximum Gasteiger partial charge on any atom is 0.287 e. The first-order valence-electron chi connectivity index (χ1n) is 7.68. The van der Waals surface area contributed by atoms with Gasteiger partial charge < -0.3 is 15.1 Å². The van der Waals surface area contributed by atoms with Crippen LogP contribution >= 0.6 is 12.4 Å². The topological polar surface area (TPSA) is 91.6 Å². The Kier molecular flexibility index (Phi) is 6.86. The molecule has 2 N–H and O–H groups in total. The number of sulfonamides is 1. The van der Waals surface area contributed by atoms with Crippen LogP contribution < -0.4 is 10.6 Å². The number of carbonyl (C=O) groups excluding carboxylic acids is 1. The highest BCUT2D eigenvalue weighted by molar-refractivity contribution is 7.89. The van der Waals surface area contributed by atoms with Gasteiger partial charge in [0.15, 0.2) is 5.76 Å². The fourth-order valence-electron chi connectivity index (χ4n) is 2.62. The molecule has 1 aliphatic heterocycles. The van der Waals surface area contributed by atoms with Gasteiger partial charge in [-0.3, -0.25) is 4.79 Å². The molecule has 0 bridgehead atoms. The zero-order chi connectivity index (χ0) is 17.3. The number of nitrogens with zero attached hydrogens (tertiary/aromatic N) is 1. The van der Waals surface area contributed by atoms with Crippen LogP contribution in [0.4, 0.5) is 0 Å². The summed E-state index contributed by atoms with van der Waals surface area (Å²) in [5, 5.41) is 6.16. The van der Waals surface area contributed by atoms with E-state index >= 15 is 0 Å². The minimum absolute atomic E-state index is 0. The van der Waals surface area contributed by atoms with E-state index in [-0.39, 0.29) is 40.1 Å². The van der Waals surface area contributed by atoms with E-state index in [2.05, 4.69) is 17.6 Å². The molecule has 0 aliphatic carbocycles. The Bertz CT molecular complexity index is 679. The molecule has 1 fully saturated rings. The highest BCUT2D eigenvalue weighted by Crippen LogP contribution is 2.27. The molecule has 0 atom stereocenters. The van der Waals surface area contributed by atoms with Crippen molar-refractivity contribution in [3.63, 3.8) is 0 Å². The van der Waals surface area contributed by atoms with Gasteiger partial charge in [0.2, 0.25) is 10.0 Å². The van der Waals surface area contributed by atoms with Crippen molar-refractivity contribution in [2.75, 3.05) is 33.7 Å². The summed E-state index contributed by atoms with van der Waals surface area (Å²) in [5.41, 5.74) is 0.0566. The van der Waals surface area contributed by atoms with Crippen molar-refractivity contribution in [1.82, 2.24) is 14.9 Å². The van der Waals surface area contributed by atoms with E-state index in [4.69, 9.17) is 4.42 Å². The summed E-state index contributed by atoms with van der Waals surface area (Å²) in [6.45, 7) is 6.11. The Labute approximate surface area is 149 Å². The molecule has 1 aromatic heterocycles. The predicted octanol–water partition coefficient (Wildman–Crippen LogP) is 1.38. The Morgan fingerprint density at radius 2 is 1.96 bits per heavy atom. The zero-order valence-electron chi connectivity index (χ0n) is 14.5. The summed E-state index contributed by atoms with van der Waals surface area (Å²) in [7, 11) is -0.729. The average Bonchev–Trinajstić information content (AvgIpc) is 2.88. The molecule has 1 aliphatic rings. The second kappa shape index (κ2) is 7.86. The zero-order valence-corrected chi connectivity index (χ0v) is 16.1. The number of nitrogens with one attached hydrogen (secondary N) is 2. The van der Waals surface area contributed by atoms with Crippen molar-refractivity contribution in [2.45, 2.75) is 31.6 Å². The standard InChI is InChI=1S/C15H25N3O4S.ClH/c1-11-13(23(20,21)18(3)4)9-12(22-11)14(19)17-10-15(2)5-7-16-8-6-15;/h9,16H,5-8,10H2,1-4H3,(H,17,19);1H. The molecule has 0 aromatic carbocycles. The van der Waals surface area contributed by atoms with Crippen LogP contribution in [-0.2, 0) is 10.0 Å². The van der Waals surface area contributed by atoms with E-state index in [9.17, 15) is 13.2 Å². The second-order valence-electron chi connectivity index (χ2n) is 6.56. The van der Waals surface area contributed by atoms with E-state index in [0.717, 1.165) is 30.2 Å². The van der Waals surface area contributed by atoms with Gasteiger partial charge in [-0.15, -0.1) is 12.4 Å². The van der Waals surface area contributed by atoms with Gasteiger partial charge in [-0.2, -0.15) is 0 Å². The first-order chi connectivity index (χ1) is 10.7. The van der Waals surface area contributed by atoms with Crippen LogP contribution in [0, 0.1) is 12.3 Å². The number of aryl methyl sites for hydroxylation is 1. The summed E-state index contributed by atoms with van der Waals surface area (Å²) in [6.07, 6.45) is 1.98. The molecule has 0 unspecified atom stereocenters. The maximum atomic E-state index is 12.3. The molecule has 2 heterocycles. The number of carbonyl (C=O) groups is 1. The molecule has 1 aromatic rings. The number of furan rings is 1. The smallest absolute Gasteiger partial charge is 0.287 e. The lowest BCUT2D eigenvalue weighted by Crippen LogP contribution is -2.42. The number of amides is 1. The maximum absolute atomic E-state index is 12.3. The molecule has 1 saturated heterocycles. The van der Waals surface area contributed by atoms with Crippen molar-refractivity contribution in [3.8, 4) is 0 Å². The summed E-state index contributed by atoms with van der Waals surface area (Å²) < 4.78 is 30.8. The van der Waals surface area contributed by atoms with Gasteiger partial charge in [-0.1, -0.05) is 6.92 Å². The van der Waals surface area contributed by atoms with E-state index < -0.39 is 10.0 Å². The Balaban J connectivity index is 0.00000288. The third-order valence-corrected chi connectivity index (χ3v) is 6.26. The Hall–Kier alpha value is -1.09. The quantitative estimate of drug-likeness (QED) is 0.806. The molecule has 1 amide bonds. The van der Waals surface area contributed by atoms with Crippen LogP contribution in [0.25, 0.3) is 0 Å². The highest BCUT2D eigenvalue weighted by Gasteiger charge is 2.29. The lowest BCUT2D eigenvalue weighted by Gasteiger charge is -2.33. The van der Waals surface area contributed by atoms with Crippen molar-refractivity contribution < 1.29 is 17.6 Å². The molecule has 138 valence electrons. The summed E-state index contributed by atoms with van der Waals surface area (Å²) in [4.78, 5) is 12.3. The number of hydrogen-bond acceptors (Lipinski definition) is 5. The molecule has 2 rings (SSSR count). The average molecular weight is 380 g/mol. The first-order valence-corrected chi connectivity index (χ1v) is 9.12. The SMILES string of the molecule is Cc1oc(C(=O)NCC2(C)CCNCC2)cc1S(=O)(=O)N(C)C.Cl. The number of halogens is 1. The molecule has 0 saturated carbocycles. The van der Waals surface area contributed by atoms with Gasteiger partial charge in [0.25, 0.3) is 5.91 Å². The monoisotopic (exact) mass is 379 g/mol. The van der Waals surface area contributed by atoms with E-state index in [1.807, 2.05) is 0 Å². The van der Waals surface area contributed by atoms with Crippen molar-refractivity contribution in [1.29, 1.82) is 0 Å². The lowest BCUT2D eigenvalue weighted by molar-refractivity contribution is 0.0893. The number of hydrogen-bond donors (Lipinski definition) is 2. The van der Waals surface area contributed by atoms with Gasteiger partial charge in [0.1, 0.15) is 10.7 Å². The summed E-state index contributed by atoms with van der Waals surface area (Å²) in [5.74, 6) is -0.134. The third kappa shape index (κ3) is 4.50. The van der Waals surface area contributed by atoms with Crippen LogP contribution in [0.3, 0.4) is 0 Å². The fraction of sp³-hybridized carbons (Fsp3) is 0.667. The molecule has 7 nitrogen and oxygen atoms in total. The van der Waals surface area contributed by atoms with Crippen LogP contribution in [-0.4, -0.2) is 52.4 Å². The second-order valence-corrected chi connectivity index (χ2v) is 8.68. The normalized spacial score (nSPS) is 17.4. The minimum Gasteiger partial charge on any atom is -0.455 e. The molecule has 0 radical (unpaired) electrons. The van der Waals surface area contributed by atoms with Gasteiger partial charge in [0, 0.05) is 26.7 Å². The van der Waals surface area contributed by atoms with Gasteiger partial charge in [0.05, 0.1) is 0 Å². The molecular formula is C15H26ClN3O4S. The largest absolute Gasteiger partial charge is 0.455 e. The van der Waals surface area contributed by atoms with E-state index in [1.54, 1.807) is 6.92 Å².